The van der Waals surface area contributed by atoms with Gasteiger partial charge in [-0.3, -0.25) is 19.9 Å². The summed E-state index contributed by atoms with van der Waals surface area (Å²) in [6.45, 7) is -2.82. The molecule has 5 heterocycles. The van der Waals surface area contributed by atoms with Gasteiger partial charge < -0.3 is 0 Å². The van der Waals surface area contributed by atoms with Crippen molar-refractivity contribution in [2.45, 2.75) is 0 Å². The first-order chi connectivity index (χ1) is 29.7. The number of allylic oxidation sites excluding steroid dienone is 3. The van der Waals surface area contributed by atoms with Crippen LogP contribution in [-0.2, 0) is 0 Å². The van der Waals surface area contributed by atoms with Gasteiger partial charge in [-0.15, -0.1) is 0 Å². The molecule has 0 saturated heterocycles. The molecule has 0 amide bonds. The van der Waals surface area contributed by atoms with E-state index in [1.807, 2.05) is 36.7 Å². The minimum absolute atomic E-state index is 0.919. The van der Waals surface area contributed by atoms with Gasteiger partial charge in [0.25, 0.3) is 0 Å². The van der Waals surface area contributed by atoms with E-state index in [2.05, 4.69) is 200 Å². The highest BCUT2D eigenvalue weighted by Gasteiger charge is 2.36. The average molecular weight is 787 g/mol. The Bertz CT molecular complexity index is 2910. The van der Waals surface area contributed by atoms with Crippen LogP contribution >= 0.6 is 6.89 Å². The molecular weight excluding hydrogens is 748 g/mol. The maximum absolute atomic E-state index is 5.22. The molecule has 0 unspecified atom stereocenters. The SMILES string of the molecule is C1=C(c2ccccc2)C=C(c2ccc(-c3ccccc3)nc2)P(c2ccc(-c3ccccc3)nc2)(c2ccc(-c3ccccc3)nc2)=C1c1ccc(-c2ccccc2)nc1. The van der Waals surface area contributed by atoms with E-state index < -0.39 is 6.89 Å². The summed E-state index contributed by atoms with van der Waals surface area (Å²) in [4.78, 5) is 20.7. The van der Waals surface area contributed by atoms with E-state index in [-0.39, 0.29) is 0 Å². The summed E-state index contributed by atoms with van der Waals surface area (Å²) in [7, 11) is 0. The van der Waals surface area contributed by atoms with Crippen molar-refractivity contribution in [2.24, 2.45) is 0 Å². The van der Waals surface area contributed by atoms with Crippen LogP contribution in [0.5, 0.6) is 0 Å². The fourth-order valence-corrected chi connectivity index (χ4v) is 12.5. The number of rotatable bonds is 9. The largest absolute Gasteiger partial charge is 0.256 e. The maximum Gasteiger partial charge on any atom is 0.0702 e. The molecule has 1 aliphatic heterocycles. The molecule has 0 fully saturated rings. The molecule has 0 atom stereocenters. The lowest BCUT2D eigenvalue weighted by molar-refractivity contribution is 1.31. The Labute approximate surface area is 351 Å². The van der Waals surface area contributed by atoms with Gasteiger partial charge in [-0.2, -0.15) is 0 Å². The summed E-state index contributed by atoms with van der Waals surface area (Å²) in [5, 5.41) is 4.56. The molecule has 284 valence electrons. The Morgan fingerprint density at radius 1 is 0.267 bits per heavy atom. The molecule has 4 aromatic heterocycles. The van der Waals surface area contributed by atoms with E-state index in [0.717, 1.165) is 77.9 Å². The third-order valence-corrected chi connectivity index (χ3v) is 15.4. The van der Waals surface area contributed by atoms with Crippen LogP contribution < -0.4 is 10.6 Å². The first-order valence-corrected chi connectivity index (χ1v) is 21.9. The summed E-state index contributed by atoms with van der Waals surface area (Å²) in [6, 6.07) is 69.7. The van der Waals surface area contributed by atoms with Crippen molar-refractivity contribution in [3.8, 4) is 45.0 Å². The molecule has 4 nitrogen and oxygen atoms in total. The molecule has 0 radical (unpaired) electrons. The van der Waals surface area contributed by atoms with Crippen molar-refractivity contribution in [1.82, 2.24) is 19.9 Å². The highest BCUT2D eigenvalue weighted by Crippen LogP contribution is 2.63. The number of pyridine rings is 4. The van der Waals surface area contributed by atoms with Crippen LogP contribution in [0.3, 0.4) is 0 Å². The number of aromatic nitrogens is 4. The number of benzene rings is 5. The van der Waals surface area contributed by atoms with Crippen LogP contribution in [0.25, 0.3) is 55.9 Å². The second-order valence-corrected chi connectivity index (χ2v) is 18.0. The fraction of sp³-hybridized carbons (Fsp3) is 0. The van der Waals surface area contributed by atoms with Crippen LogP contribution in [-0.4, -0.2) is 25.2 Å². The molecule has 60 heavy (non-hydrogen) atoms. The minimum atomic E-state index is -2.82. The maximum atomic E-state index is 5.22. The molecule has 9 aromatic rings. The first-order valence-electron chi connectivity index (χ1n) is 20.1. The van der Waals surface area contributed by atoms with Crippen molar-refractivity contribution in [3.63, 3.8) is 0 Å². The summed E-state index contributed by atoms with van der Waals surface area (Å²) in [6.07, 6.45) is 13.0. The lowest BCUT2D eigenvalue weighted by atomic mass is 10.0. The lowest BCUT2D eigenvalue weighted by Crippen LogP contribution is -2.26. The molecule has 10 rings (SSSR count). The highest BCUT2D eigenvalue weighted by atomic mass is 31.2. The Hall–Kier alpha value is -7.52. The van der Waals surface area contributed by atoms with Gasteiger partial charge in [0.1, 0.15) is 0 Å². The predicted octanol–water partition coefficient (Wildman–Crippen LogP) is 12.3. The molecule has 5 aromatic carbocycles. The number of hydrogen-bond acceptors (Lipinski definition) is 4. The van der Waals surface area contributed by atoms with Crippen molar-refractivity contribution in [3.05, 3.63) is 254 Å². The zero-order valence-corrected chi connectivity index (χ0v) is 33.6. The lowest BCUT2D eigenvalue weighted by Gasteiger charge is -2.36. The average Bonchev–Trinajstić information content (AvgIpc) is 3.35. The molecule has 0 N–H and O–H groups in total. The second-order valence-electron chi connectivity index (χ2n) is 14.7. The second kappa shape index (κ2) is 16.4. The van der Waals surface area contributed by atoms with E-state index in [1.165, 1.54) is 10.6 Å². The van der Waals surface area contributed by atoms with Gasteiger partial charge in [0.2, 0.25) is 0 Å². The van der Waals surface area contributed by atoms with Gasteiger partial charge in [0, 0.05) is 68.8 Å². The topological polar surface area (TPSA) is 51.6 Å². The quantitative estimate of drug-likeness (QED) is 0.137. The van der Waals surface area contributed by atoms with E-state index >= 15 is 0 Å². The Morgan fingerprint density at radius 2 is 0.617 bits per heavy atom. The first kappa shape index (κ1) is 36.8. The van der Waals surface area contributed by atoms with Gasteiger partial charge in [-0.05, 0) is 65.0 Å². The smallest absolute Gasteiger partial charge is 0.0702 e. The van der Waals surface area contributed by atoms with E-state index in [4.69, 9.17) is 19.9 Å². The minimum Gasteiger partial charge on any atom is -0.256 e. The summed E-state index contributed by atoms with van der Waals surface area (Å²) >= 11 is 0. The standard InChI is InChI=1S/C55H39N4P/c1-6-16-40(17-7-1)47-34-54(45-26-30-50(56-36-45)41-18-8-2-9-19-41)60(48-28-32-52(58-38-48)43-22-12-4-13-23-43,49-29-33-53(59-39-49)44-24-14-5-15-25-44)55(35-47)46-27-31-51(57-37-46)42-20-10-3-11-21-42/h1-39H. The molecule has 5 heteroatoms. The summed E-state index contributed by atoms with van der Waals surface area (Å²) < 4.78 is 0. The number of nitrogens with zero attached hydrogens (tertiary/aromatic N) is 4. The number of hydrogen-bond donors (Lipinski definition) is 0. The van der Waals surface area contributed by atoms with Crippen molar-refractivity contribution < 1.29 is 0 Å². The van der Waals surface area contributed by atoms with Crippen molar-refractivity contribution in [1.29, 1.82) is 0 Å². The predicted molar refractivity (Wildman–Crippen MR) is 251 cm³/mol. The van der Waals surface area contributed by atoms with Crippen molar-refractivity contribution in [2.75, 3.05) is 0 Å². The van der Waals surface area contributed by atoms with E-state index in [9.17, 15) is 0 Å². The summed E-state index contributed by atoms with van der Waals surface area (Å²) in [5.74, 6) is 0. The van der Waals surface area contributed by atoms with E-state index in [1.54, 1.807) is 0 Å². The van der Waals surface area contributed by atoms with Gasteiger partial charge in [-0.1, -0.05) is 176 Å². The van der Waals surface area contributed by atoms with Crippen LogP contribution in [0, 0.1) is 0 Å². The normalized spacial score (nSPS) is 13.3. The molecule has 1 aliphatic rings. The highest BCUT2D eigenvalue weighted by molar-refractivity contribution is 7.98. The van der Waals surface area contributed by atoms with Gasteiger partial charge in [-0.25, -0.2) is 0 Å². The third kappa shape index (κ3) is 7.04. The van der Waals surface area contributed by atoms with Gasteiger partial charge in [0.15, 0.2) is 0 Å². The van der Waals surface area contributed by atoms with Gasteiger partial charge >= 0.3 is 0 Å². The third-order valence-electron chi connectivity index (χ3n) is 11.1. The van der Waals surface area contributed by atoms with Crippen molar-refractivity contribution >= 4 is 33.7 Å². The van der Waals surface area contributed by atoms with Crippen LogP contribution in [0.2, 0.25) is 0 Å². The van der Waals surface area contributed by atoms with Gasteiger partial charge in [0.05, 0.1) is 22.8 Å². The van der Waals surface area contributed by atoms with E-state index in [0.29, 0.717) is 0 Å². The van der Waals surface area contributed by atoms with Crippen LogP contribution in [0.15, 0.2) is 237 Å². The zero-order chi connectivity index (χ0) is 40.1. The zero-order valence-electron chi connectivity index (χ0n) is 32.8. The fourth-order valence-electron chi connectivity index (χ4n) is 8.09. The Morgan fingerprint density at radius 3 is 0.967 bits per heavy atom. The molecular formula is C55H39N4P. The van der Waals surface area contributed by atoms with Crippen LogP contribution in [0.1, 0.15) is 16.7 Å². The Kier molecular flexibility index (Phi) is 10.0. The Balaban J connectivity index is 1.29. The molecule has 0 spiro atoms. The molecule has 0 aliphatic carbocycles. The monoisotopic (exact) mass is 786 g/mol. The molecule has 0 saturated carbocycles. The summed E-state index contributed by atoms with van der Waals surface area (Å²) in [5.41, 5.74) is 12.3. The van der Waals surface area contributed by atoms with Crippen LogP contribution in [0.4, 0.5) is 0 Å². The molecule has 0 bridgehead atoms.